The SMILES string of the molecule is Fc1cc(Br)cc(CNCC2CC3CCC2C3)c1. The van der Waals surface area contributed by atoms with Crippen LogP contribution in [0.1, 0.15) is 31.2 Å². The fourth-order valence-corrected chi connectivity index (χ4v) is 4.25. The first-order chi connectivity index (χ1) is 8.70. The number of hydrogen-bond acceptors (Lipinski definition) is 1. The molecule has 3 unspecified atom stereocenters. The van der Waals surface area contributed by atoms with Gasteiger partial charge in [-0.1, -0.05) is 22.4 Å². The van der Waals surface area contributed by atoms with Crippen LogP contribution in [0.25, 0.3) is 0 Å². The highest BCUT2D eigenvalue weighted by Crippen LogP contribution is 2.47. The van der Waals surface area contributed by atoms with Crippen molar-refractivity contribution in [3.8, 4) is 0 Å². The van der Waals surface area contributed by atoms with Crippen molar-refractivity contribution in [2.45, 2.75) is 32.2 Å². The summed E-state index contributed by atoms with van der Waals surface area (Å²) in [6.45, 7) is 1.86. The summed E-state index contributed by atoms with van der Waals surface area (Å²) >= 11 is 3.33. The van der Waals surface area contributed by atoms with Crippen molar-refractivity contribution < 1.29 is 4.39 Å². The Hall–Kier alpha value is -0.410. The van der Waals surface area contributed by atoms with E-state index in [1.165, 1.54) is 31.7 Å². The maximum atomic E-state index is 13.2. The molecule has 3 rings (SSSR count). The standard InChI is InChI=1S/C15H19BrFN/c16-14-5-11(6-15(17)7-14)8-18-9-13-4-10-1-2-12(13)3-10/h5-7,10,12-13,18H,1-4,8-9H2. The van der Waals surface area contributed by atoms with Crippen LogP contribution in [0.3, 0.4) is 0 Å². The first-order valence-corrected chi connectivity index (χ1v) is 7.65. The molecule has 0 aromatic heterocycles. The number of hydrogen-bond donors (Lipinski definition) is 1. The first-order valence-electron chi connectivity index (χ1n) is 6.86. The monoisotopic (exact) mass is 311 g/mol. The zero-order chi connectivity index (χ0) is 12.5. The smallest absolute Gasteiger partial charge is 0.124 e. The summed E-state index contributed by atoms with van der Waals surface area (Å²) in [6.07, 6.45) is 5.75. The zero-order valence-corrected chi connectivity index (χ0v) is 12.0. The van der Waals surface area contributed by atoms with Crippen molar-refractivity contribution in [3.05, 3.63) is 34.1 Å². The lowest BCUT2D eigenvalue weighted by molar-refractivity contribution is 0.318. The Labute approximate surface area is 116 Å². The molecular weight excluding hydrogens is 293 g/mol. The Morgan fingerprint density at radius 3 is 2.78 bits per heavy atom. The molecule has 0 aliphatic heterocycles. The van der Waals surface area contributed by atoms with Gasteiger partial charge in [-0.25, -0.2) is 4.39 Å². The maximum absolute atomic E-state index is 13.2. The third-order valence-corrected chi connectivity index (χ3v) is 5.00. The average molecular weight is 312 g/mol. The van der Waals surface area contributed by atoms with Crippen molar-refractivity contribution in [2.75, 3.05) is 6.54 Å². The van der Waals surface area contributed by atoms with Gasteiger partial charge in [0.05, 0.1) is 0 Å². The van der Waals surface area contributed by atoms with Crippen LogP contribution in [0.15, 0.2) is 22.7 Å². The van der Waals surface area contributed by atoms with E-state index >= 15 is 0 Å². The molecule has 0 radical (unpaired) electrons. The van der Waals surface area contributed by atoms with Crippen molar-refractivity contribution in [1.82, 2.24) is 5.32 Å². The summed E-state index contributed by atoms with van der Waals surface area (Å²) in [7, 11) is 0. The summed E-state index contributed by atoms with van der Waals surface area (Å²) in [5, 5.41) is 3.50. The number of nitrogens with one attached hydrogen (secondary N) is 1. The molecule has 2 aliphatic carbocycles. The van der Waals surface area contributed by atoms with E-state index in [1.54, 1.807) is 6.07 Å². The summed E-state index contributed by atoms with van der Waals surface area (Å²) in [4.78, 5) is 0. The molecule has 2 bridgehead atoms. The molecule has 3 atom stereocenters. The first kappa shape index (κ1) is 12.6. The van der Waals surface area contributed by atoms with Crippen molar-refractivity contribution in [3.63, 3.8) is 0 Å². The number of benzene rings is 1. The van der Waals surface area contributed by atoms with Crippen molar-refractivity contribution in [2.24, 2.45) is 17.8 Å². The molecule has 1 nitrogen and oxygen atoms in total. The van der Waals surface area contributed by atoms with Crippen LogP contribution in [0, 0.1) is 23.6 Å². The van der Waals surface area contributed by atoms with E-state index in [-0.39, 0.29) is 5.82 Å². The van der Waals surface area contributed by atoms with Crippen LogP contribution in [0.2, 0.25) is 0 Å². The third-order valence-electron chi connectivity index (χ3n) is 4.54. The predicted molar refractivity (Wildman–Crippen MR) is 74.7 cm³/mol. The van der Waals surface area contributed by atoms with E-state index in [9.17, 15) is 4.39 Å². The maximum Gasteiger partial charge on any atom is 0.124 e. The molecule has 98 valence electrons. The van der Waals surface area contributed by atoms with E-state index in [0.717, 1.165) is 40.9 Å². The fourth-order valence-electron chi connectivity index (χ4n) is 3.74. The largest absolute Gasteiger partial charge is 0.312 e. The van der Waals surface area contributed by atoms with Gasteiger partial charge in [0.2, 0.25) is 0 Å². The van der Waals surface area contributed by atoms with E-state index in [1.807, 2.05) is 6.07 Å². The van der Waals surface area contributed by atoms with E-state index in [2.05, 4.69) is 21.2 Å². The van der Waals surface area contributed by atoms with Crippen LogP contribution < -0.4 is 5.32 Å². The molecule has 1 aromatic carbocycles. The highest BCUT2D eigenvalue weighted by atomic mass is 79.9. The van der Waals surface area contributed by atoms with Gasteiger partial charge in [0.1, 0.15) is 5.82 Å². The van der Waals surface area contributed by atoms with Gasteiger partial charge in [-0.2, -0.15) is 0 Å². The highest BCUT2D eigenvalue weighted by molar-refractivity contribution is 9.10. The van der Waals surface area contributed by atoms with E-state index in [0.29, 0.717) is 0 Å². The molecule has 0 heterocycles. The van der Waals surface area contributed by atoms with Crippen LogP contribution in [-0.2, 0) is 6.54 Å². The van der Waals surface area contributed by atoms with Gasteiger partial charge in [-0.3, -0.25) is 0 Å². The van der Waals surface area contributed by atoms with Crippen LogP contribution in [-0.4, -0.2) is 6.54 Å². The number of halogens is 2. The molecule has 0 amide bonds. The second kappa shape index (κ2) is 5.30. The minimum absolute atomic E-state index is 0.166. The quantitative estimate of drug-likeness (QED) is 0.882. The lowest BCUT2D eigenvalue weighted by Gasteiger charge is -2.21. The Kier molecular flexibility index (Phi) is 3.71. The minimum Gasteiger partial charge on any atom is -0.312 e. The summed E-state index contributed by atoms with van der Waals surface area (Å²) < 4.78 is 14.0. The molecule has 1 aromatic rings. The van der Waals surface area contributed by atoms with Gasteiger partial charge in [-0.15, -0.1) is 0 Å². The van der Waals surface area contributed by atoms with Gasteiger partial charge in [0.25, 0.3) is 0 Å². The number of rotatable bonds is 4. The molecule has 2 aliphatic rings. The van der Waals surface area contributed by atoms with Crippen LogP contribution in [0.5, 0.6) is 0 Å². The van der Waals surface area contributed by atoms with Crippen molar-refractivity contribution in [1.29, 1.82) is 0 Å². The van der Waals surface area contributed by atoms with Gasteiger partial charge < -0.3 is 5.32 Å². The molecular formula is C15H19BrFN. The molecule has 1 N–H and O–H groups in total. The Bertz CT molecular complexity index is 414. The third kappa shape index (κ3) is 2.77. The normalized spacial score (nSPS) is 30.0. The Morgan fingerprint density at radius 1 is 1.22 bits per heavy atom. The average Bonchev–Trinajstić information content (AvgIpc) is 2.89. The number of fused-ring (bicyclic) bond motifs is 2. The lowest BCUT2D eigenvalue weighted by Crippen LogP contribution is -2.26. The zero-order valence-electron chi connectivity index (χ0n) is 10.5. The highest BCUT2D eigenvalue weighted by Gasteiger charge is 2.38. The molecule has 3 heteroatoms. The Balaban J connectivity index is 1.49. The summed E-state index contributed by atoms with van der Waals surface area (Å²) in [5.74, 6) is 2.66. The molecule has 18 heavy (non-hydrogen) atoms. The fraction of sp³-hybridized carbons (Fsp3) is 0.600. The molecule has 0 spiro atoms. The topological polar surface area (TPSA) is 12.0 Å². The van der Waals surface area contributed by atoms with Crippen molar-refractivity contribution >= 4 is 15.9 Å². The van der Waals surface area contributed by atoms with Gasteiger partial charge in [0.15, 0.2) is 0 Å². The van der Waals surface area contributed by atoms with Crippen LogP contribution >= 0.6 is 15.9 Å². The lowest BCUT2D eigenvalue weighted by atomic mass is 9.89. The van der Waals surface area contributed by atoms with Gasteiger partial charge >= 0.3 is 0 Å². The Morgan fingerprint density at radius 2 is 2.11 bits per heavy atom. The van der Waals surface area contributed by atoms with Crippen LogP contribution in [0.4, 0.5) is 4.39 Å². The molecule has 2 fully saturated rings. The van der Waals surface area contributed by atoms with E-state index < -0.39 is 0 Å². The second-order valence-corrected chi connectivity index (χ2v) is 6.76. The van der Waals surface area contributed by atoms with Gasteiger partial charge in [-0.05, 0) is 67.3 Å². The van der Waals surface area contributed by atoms with Gasteiger partial charge in [0, 0.05) is 11.0 Å². The minimum atomic E-state index is -0.166. The summed E-state index contributed by atoms with van der Waals surface area (Å²) in [5.41, 5.74) is 1.02. The summed E-state index contributed by atoms with van der Waals surface area (Å²) in [6, 6.07) is 5.09. The second-order valence-electron chi connectivity index (χ2n) is 5.84. The predicted octanol–water partition coefficient (Wildman–Crippen LogP) is 4.11. The van der Waals surface area contributed by atoms with E-state index in [4.69, 9.17) is 0 Å². The molecule has 0 saturated heterocycles. The molecule has 2 saturated carbocycles.